The van der Waals surface area contributed by atoms with Crippen molar-refractivity contribution in [1.29, 1.82) is 0 Å². The van der Waals surface area contributed by atoms with E-state index in [1.807, 2.05) is 13.0 Å². The minimum Gasteiger partial charge on any atom is -0.273 e. The summed E-state index contributed by atoms with van der Waals surface area (Å²) in [5.41, 5.74) is 0.550. The van der Waals surface area contributed by atoms with Crippen molar-refractivity contribution in [2.75, 3.05) is 6.54 Å². The quantitative estimate of drug-likeness (QED) is 0.795. The molecule has 0 N–H and O–H groups in total. The minimum absolute atomic E-state index is 0.242. The molecule has 0 saturated carbocycles. The summed E-state index contributed by atoms with van der Waals surface area (Å²) >= 11 is 6.26. The molecule has 0 aromatic heterocycles. The lowest BCUT2D eigenvalue weighted by atomic mass is 10.0. The van der Waals surface area contributed by atoms with Gasteiger partial charge in [0.2, 0.25) is 5.91 Å². The van der Waals surface area contributed by atoms with Crippen molar-refractivity contribution in [3.05, 3.63) is 46.5 Å². The molecule has 0 atom stereocenters. The fourth-order valence-electron chi connectivity index (χ4n) is 2.97. The molecule has 24 heavy (non-hydrogen) atoms. The third kappa shape index (κ3) is 2.45. The summed E-state index contributed by atoms with van der Waals surface area (Å²) in [7, 11) is 0. The highest BCUT2D eigenvalue weighted by Gasteiger charge is 2.42. The third-order valence-corrected chi connectivity index (χ3v) is 4.46. The maximum Gasteiger partial charge on any atom is 0.281 e. The van der Waals surface area contributed by atoms with Gasteiger partial charge in [0, 0.05) is 23.9 Å². The Morgan fingerprint density at radius 1 is 1.17 bits per heavy atom. The van der Waals surface area contributed by atoms with Crippen LogP contribution in [0.15, 0.2) is 30.3 Å². The highest BCUT2D eigenvalue weighted by molar-refractivity contribution is 6.38. The Morgan fingerprint density at radius 2 is 1.83 bits per heavy atom. The zero-order valence-electron chi connectivity index (χ0n) is 13.5. The summed E-state index contributed by atoms with van der Waals surface area (Å²) in [5, 5.41) is 3.92. The first-order valence-electron chi connectivity index (χ1n) is 7.85. The Bertz CT molecular complexity index is 863. The van der Waals surface area contributed by atoms with Gasteiger partial charge in [0.15, 0.2) is 0 Å². The topological polar surface area (TPSA) is 57.7 Å². The molecule has 3 rings (SSSR count). The van der Waals surface area contributed by atoms with E-state index in [1.165, 1.54) is 18.0 Å². The lowest BCUT2D eigenvalue weighted by Crippen LogP contribution is -2.49. The Kier molecular flexibility index (Phi) is 4.28. The van der Waals surface area contributed by atoms with Crippen LogP contribution in [-0.4, -0.2) is 34.3 Å². The minimum atomic E-state index is -0.506. The van der Waals surface area contributed by atoms with Gasteiger partial charge >= 0.3 is 0 Å². The zero-order chi connectivity index (χ0) is 17.4. The number of hydrogen-bond donors (Lipinski definition) is 0. The van der Waals surface area contributed by atoms with Crippen LogP contribution in [0.3, 0.4) is 0 Å². The molecule has 1 heterocycles. The Balaban J connectivity index is 2.14. The molecule has 0 fully saturated rings. The molecule has 6 heteroatoms. The monoisotopic (exact) mass is 344 g/mol. The van der Waals surface area contributed by atoms with E-state index in [0.717, 1.165) is 11.4 Å². The van der Waals surface area contributed by atoms with Crippen molar-refractivity contribution in [3.8, 4) is 0 Å². The Labute approximate surface area is 144 Å². The number of benzene rings is 2. The van der Waals surface area contributed by atoms with E-state index in [-0.39, 0.29) is 11.5 Å². The maximum atomic E-state index is 12.9. The van der Waals surface area contributed by atoms with E-state index >= 15 is 0 Å². The van der Waals surface area contributed by atoms with Gasteiger partial charge in [-0.15, -0.1) is 0 Å². The lowest BCUT2D eigenvalue weighted by Gasteiger charge is -2.28. The third-order valence-electron chi connectivity index (χ3n) is 4.15. The normalized spacial score (nSPS) is 13.5. The van der Waals surface area contributed by atoms with Gasteiger partial charge in [-0.1, -0.05) is 49.2 Å². The molecule has 0 spiro atoms. The predicted octanol–water partition coefficient (Wildman–Crippen LogP) is 3.65. The summed E-state index contributed by atoms with van der Waals surface area (Å²) in [6.07, 6.45) is 1.55. The van der Waals surface area contributed by atoms with Gasteiger partial charge in [-0.25, -0.2) is 5.01 Å². The van der Waals surface area contributed by atoms with Crippen LogP contribution in [0.2, 0.25) is 5.02 Å². The highest BCUT2D eigenvalue weighted by Crippen LogP contribution is 2.35. The van der Waals surface area contributed by atoms with Crippen LogP contribution in [0.25, 0.3) is 10.8 Å². The number of unbranched alkanes of at least 4 members (excludes halogenated alkanes) is 1. The van der Waals surface area contributed by atoms with Crippen molar-refractivity contribution >= 4 is 40.1 Å². The van der Waals surface area contributed by atoms with Crippen LogP contribution in [0.5, 0.6) is 0 Å². The fourth-order valence-corrected chi connectivity index (χ4v) is 3.24. The fraction of sp³-hybridized carbons (Fsp3) is 0.278. The molecule has 2 aromatic carbocycles. The molecular formula is C18H17ClN2O3. The molecule has 124 valence electrons. The van der Waals surface area contributed by atoms with E-state index in [2.05, 4.69) is 0 Å². The molecule has 0 bridgehead atoms. The number of imide groups is 1. The van der Waals surface area contributed by atoms with E-state index in [0.29, 0.717) is 34.3 Å². The predicted molar refractivity (Wildman–Crippen MR) is 91.8 cm³/mol. The number of carbonyl (C=O) groups excluding carboxylic acids is 3. The first-order valence-corrected chi connectivity index (χ1v) is 8.23. The Hall–Kier alpha value is -2.40. The summed E-state index contributed by atoms with van der Waals surface area (Å²) in [5.74, 6) is -1.32. The molecule has 0 radical (unpaired) electrons. The van der Waals surface area contributed by atoms with Crippen molar-refractivity contribution in [1.82, 2.24) is 10.0 Å². The van der Waals surface area contributed by atoms with Gasteiger partial charge in [0.05, 0.1) is 11.1 Å². The maximum absolute atomic E-state index is 12.9. The van der Waals surface area contributed by atoms with Crippen molar-refractivity contribution < 1.29 is 14.4 Å². The van der Waals surface area contributed by atoms with Crippen LogP contribution in [0.4, 0.5) is 0 Å². The summed E-state index contributed by atoms with van der Waals surface area (Å²) in [6.45, 7) is 3.65. The molecule has 1 aliphatic heterocycles. The summed E-state index contributed by atoms with van der Waals surface area (Å²) in [4.78, 5) is 37.6. The average molecular weight is 345 g/mol. The highest BCUT2D eigenvalue weighted by atomic mass is 35.5. The average Bonchev–Trinajstić information content (AvgIpc) is 2.80. The van der Waals surface area contributed by atoms with Crippen LogP contribution in [0, 0.1) is 0 Å². The second-order valence-corrected chi connectivity index (χ2v) is 6.15. The molecule has 0 saturated heterocycles. The SMILES string of the molecule is CCCCN(C(C)=O)N1C(=O)c2cc(Cl)c3ccccc3c2C1=O. The molecule has 0 unspecified atom stereocenters. The lowest BCUT2D eigenvalue weighted by molar-refractivity contribution is -0.139. The van der Waals surface area contributed by atoms with Crippen molar-refractivity contribution in [2.24, 2.45) is 0 Å². The second kappa shape index (κ2) is 6.24. The molecular weight excluding hydrogens is 328 g/mol. The number of hydrazine groups is 1. The van der Waals surface area contributed by atoms with Gasteiger partial charge < -0.3 is 0 Å². The largest absolute Gasteiger partial charge is 0.281 e. The number of rotatable bonds is 4. The number of hydrogen-bond acceptors (Lipinski definition) is 3. The second-order valence-electron chi connectivity index (χ2n) is 5.74. The summed E-state index contributed by atoms with van der Waals surface area (Å²) in [6, 6.07) is 8.69. The van der Waals surface area contributed by atoms with E-state index in [4.69, 9.17) is 11.6 Å². The molecule has 1 aliphatic rings. The van der Waals surface area contributed by atoms with Crippen LogP contribution in [0.1, 0.15) is 47.4 Å². The van der Waals surface area contributed by atoms with E-state index < -0.39 is 11.8 Å². The molecule has 3 amide bonds. The number of carbonyl (C=O) groups is 3. The Morgan fingerprint density at radius 3 is 2.46 bits per heavy atom. The van der Waals surface area contributed by atoms with Crippen molar-refractivity contribution in [3.63, 3.8) is 0 Å². The van der Waals surface area contributed by atoms with Crippen LogP contribution < -0.4 is 0 Å². The summed E-state index contributed by atoms with van der Waals surface area (Å²) < 4.78 is 0. The number of amides is 3. The van der Waals surface area contributed by atoms with Gasteiger partial charge in [-0.2, -0.15) is 5.01 Å². The van der Waals surface area contributed by atoms with Gasteiger partial charge in [0.1, 0.15) is 0 Å². The van der Waals surface area contributed by atoms with E-state index in [9.17, 15) is 14.4 Å². The van der Waals surface area contributed by atoms with Crippen molar-refractivity contribution in [2.45, 2.75) is 26.7 Å². The zero-order valence-corrected chi connectivity index (χ0v) is 14.3. The molecule has 5 nitrogen and oxygen atoms in total. The molecule has 0 aliphatic carbocycles. The standard InChI is InChI=1S/C18H17ClN2O3/c1-3-4-9-20(11(2)22)21-17(23)14-10-15(19)12-7-5-6-8-13(12)16(14)18(21)24/h5-8,10H,3-4,9H2,1-2H3. The molecule has 2 aromatic rings. The smallest absolute Gasteiger partial charge is 0.273 e. The van der Waals surface area contributed by atoms with Crippen LogP contribution >= 0.6 is 11.6 Å². The van der Waals surface area contributed by atoms with Crippen LogP contribution in [-0.2, 0) is 4.79 Å². The first-order chi connectivity index (χ1) is 11.5. The van der Waals surface area contributed by atoms with E-state index in [1.54, 1.807) is 18.2 Å². The van der Waals surface area contributed by atoms with Gasteiger partial charge in [-0.3, -0.25) is 14.4 Å². The number of nitrogens with zero attached hydrogens (tertiary/aromatic N) is 2. The number of halogens is 1. The number of fused-ring (bicyclic) bond motifs is 3. The first kappa shape index (κ1) is 16.5. The van der Waals surface area contributed by atoms with Gasteiger partial charge in [-0.05, 0) is 17.9 Å². The van der Waals surface area contributed by atoms with Gasteiger partial charge in [0.25, 0.3) is 11.8 Å².